The standard InChI is InChI=1S/C17H14F3IN2O3S/c1-25-10-4-5-11(14(8-10)26-2)15(24)23-16(27)22-13-6-3-9(21)7-12(13)17(18,19)20/h3-8H,1-2H3,(H2,22,23,24,27). The molecule has 144 valence electrons. The first kappa shape index (κ1) is 21.2. The van der Waals surface area contributed by atoms with E-state index in [1.165, 1.54) is 38.5 Å². The monoisotopic (exact) mass is 510 g/mol. The molecule has 0 aliphatic carbocycles. The van der Waals surface area contributed by atoms with E-state index in [0.29, 0.717) is 9.32 Å². The van der Waals surface area contributed by atoms with Gasteiger partial charge in [-0.3, -0.25) is 10.1 Å². The molecule has 0 unspecified atom stereocenters. The molecule has 5 nitrogen and oxygen atoms in total. The normalized spacial score (nSPS) is 10.9. The maximum absolute atomic E-state index is 13.2. The molecular formula is C17H14F3IN2O3S. The molecule has 2 aromatic rings. The number of halogens is 4. The zero-order valence-electron chi connectivity index (χ0n) is 14.1. The summed E-state index contributed by atoms with van der Waals surface area (Å²) < 4.78 is 50.1. The summed E-state index contributed by atoms with van der Waals surface area (Å²) in [5.41, 5.74) is -0.982. The van der Waals surface area contributed by atoms with Crippen molar-refractivity contribution in [2.45, 2.75) is 6.18 Å². The molecule has 10 heteroatoms. The number of thiocarbonyl (C=S) groups is 1. The molecule has 2 N–H and O–H groups in total. The Morgan fingerprint density at radius 1 is 1.11 bits per heavy atom. The van der Waals surface area contributed by atoms with Gasteiger partial charge in [0, 0.05) is 9.64 Å². The summed E-state index contributed by atoms with van der Waals surface area (Å²) in [4.78, 5) is 12.4. The third-order valence-electron chi connectivity index (χ3n) is 3.42. The number of methoxy groups -OCH3 is 2. The molecule has 0 fully saturated rings. The summed E-state index contributed by atoms with van der Waals surface area (Å²) in [6, 6.07) is 8.24. The molecule has 0 aliphatic rings. The van der Waals surface area contributed by atoms with Crippen molar-refractivity contribution in [2.24, 2.45) is 0 Å². The van der Waals surface area contributed by atoms with Gasteiger partial charge in [-0.1, -0.05) is 0 Å². The Labute approximate surface area is 172 Å². The van der Waals surface area contributed by atoms with Crippen molar-refractivity contribution < 1.29 is 27.4 Å². The van der Waals surface area contributed by atoms with E-state index in [9.17, 15) is 18.0 Å². The van der Waals surface area contributed by atoms with Crippen molar-refractivity contribution in [2.75, 3.05) is 19.5 Å². The molecule has 0 saturated carbocycles. The first-order valence-electron chi connectivity index (χ1n) is 7.36. The molecular weight excluding hydrogens is 496 g/mol. The second-order valence-electron chi connectivity index (χ2n) is 5.16. The van der Waals surface area contributed by atoms with Crippen LogP contribution in [-0.4, -0.2) is 25.2 Å². The summed E-state index contributed by atoms with van der Waals surface area (Å²) in [7, 11) is 2.84. The van der Waals surface area contributed by atoms with Gasteiger partial charge in [-0.15, -0.1) is 0 Å². The van der Waals surface area contributed by atoms with E-state index in [2.05, 4.69) is 10.6 Å². The molecule has 2 aromatic carbocycles. The third-order valence-corrected chi connectivity index (χ3v) is 4.29. The SMILES string of the molecule is COc1ccc(C(=O)NC(=S)Nc2ccc(I)cc2C(F)(F)F)c(OC)c1. The second kappa shape index (κ2) is 8.74. The number of carbonyl (C=O) groups excluding carboxylic acids is 1. The number of alkyl halides is 3. The topological polar surface area (TPSA) is 59.6 Å². The molecule has 2 rings (SSSR count). The first-order valence-corrected chi connectivity index (χ1v) is 8.85. The number of hydrogen-bond donors (Lipinski definition) is 2. The molecule has 0 bridgehead atoms. The van der Waals surface area contributed by atoms with E-state index < -0.39 is 17.6 Å². The number of amides is 1. The number of benzene rings is 2. The maximum atomic E-state index is 13.2. The van der Waals surface area contributed by atoms with Gasteiger partial charge in [0.2, 0.25) is 0 Å². The predicted molar refractivity (Wildman–Crippen MR) is 107 cm³/mol. The van der Waals surface area contributed by atoms with Crippen molar-refractivity contribution in [3.63, 3.8) is 0 Å². The summed E-state index contributed by atoms with van der Waals surface area (Å²) in [6.45, 7) is 0. The van der Waals surface area contributed by atoms with Gasteiger partial charge in [-0.25, -0.2) is 0 Å². The minimum Gasteiger partial charge on any atom is -0.497 e. The van der Waals surface area contributed by atoms with Crippen LogP contribution in [-0.2, 0) is 6.18 Å². The Hall–Kier alpha value is -2.08. The van der Waals surface area contributed by atoms with Crippen LogP contribution in [0.2, 0.25) is 0 Å². The highest BCUT2D eigenvalue weighted by Crippen LogP contribution is 2.35. The molecule has 0 aromatic heterocycles. The largest absolute Gasteiger partial charge is 0.497 e. The van der Waals surface area contributed by atoms with Crippen LogP contribution in [0.5, 0.6) is 11.5 Å². The van der Waals surface area contributed by atoms with Gasteiger partial charge in [0.15, 0.2) is 5.11 Å². The van der Waals surface area contributed by atoms with Gasteiger partial charge in [-0.05, 0) is 65.1 Å². The summed E-state index contributed by atoms with van der Waals surface area (Å²) in [5, 5.41) is 4.48. The second-order valence-corrected chi connectivity index (χ2v) is 6.82. The molecule has 0 saturated heterocycles. The number of hydrogen-bond acceptors (Lipinski definition) is 4. The first-order chi connectivity index (χ1) is 12.7. The molecule has 27 heavy (non-hydrogen) atoms. The maximum Gasteiger partial charge on any atom is 0.418 e. The minimum atomic E-state index is -4.57. The van der Waals surface area contributed by atoms with Gasteiger partial charge in [0.25, 0.3) is 5.91 Å². The fourth-order valence-corrected chi connectivity index (χ4v) is 2.86. The Kier molecular flexibility index (Phi) is 6.87. The number of carbonyl (C=O) groups is 1. The van der Waals surface area contributed by atoms with Crippen LogP contribution in [0.15, 0.2) is 36.4 Å². The van der Waals surface area contributed by atoms with E-state index in [1.807, 2.05) is 0 Å². The quantitative estimate of drug-likeness (QED) is 0.471. The third kappa shape index (κ3) is 5.45. The fourth-order valence-electron chi connectivity index (χ4n) is 2.17. The van der Waals surface area contributed by atoms with Gasteiger partial charge in [-0.2, -0.15) is 13.2 Å². The van der Waals surface area contributed by atoms with Crippen molar-refractivity contribution in [1.29, 1.82) is 0 Å². The van der Waals surface area contributed by atoms with Crippen LogP contribution in [0.3, 0.4) is 0 Å². The van der Waals surface area contributed by atoms with Crippen LogP contribution >= 0.6 is 34.8 Å². The molecule has 0 heterocycles. The van der Waals surface area contributed by atoms with Crippen LogP contribution in [0.25, 0.3) is 0 Å². The molecule has 0 aliphatic heterocycles. The lowest BCUT2D eigenvalue weighted by Crippen LogP contribution is -2.34. The summed E-state index contributed by atoms with van der Waals surface area (Å²) in [6.07, 6.45) is -4.57. The number of anilines is 1. The van der Waals surface area contributed by atoms with Crippen molar-refractivity contribution in [1.82, 2.24) is 5.32 Å². The van der Waals surface area contributed by atoms with Crippen molar-refractivity contribution in [3.05, 3.63) is 51.1 Å². The molecule has 0 radical (unpaired) electrons. The Morgan fingerprint density at radius 2 is 1.81 bits per heavy atom. The van der Waals surface area contributed by atoms with Crippen LogP contribution < -0.4 is 20.1 Å². The highest BCUT2D eigenvalue weighted by Gasteiger charge is 2.34. The van der Waals surface area contributed by atoms with Crippen molar-refractivity contribution >= 4 is 51.5 Å². The van der Waals surface area contributed by atoms with Crippen molar-refractivity contribution in [3.8, 4) is 11.5 Å². The number of ether oxygens (including phenoxy) is 2. The van der Waals surface area contributed by atoms with E-state index in [0.717, 1.165) is 6.07 Å². The summed E-state index contributed by atoms with van der Waals surface area (Å²) >= 11 is 6.76. The summed E-state index contributed by atoms with van der Waals surface area (Å²) in [5.74, 6) is 0.0868. The minimum absolute atomic E-state index is 0.154. The molecule has 0 spiro atoms. The van der Waals surface area contributed by atoms with E-state index in [4.69, 9.17) is 21.7 Å². The molecule has 0 atom stereocenters. The zero-order valence-corrected chi connectivity index (χ0v) is 17.1. The highest BCUT2D eigenvalue weighted by atomic mass is 127. The van der Waals surface area contributed by atoms with Gasteiger partial charge in [0.05, 0.1) is 31.0 Å². The van der Waals surface area contributed by atoms with E-state index >= 15 is 0 Å². The van der Waals surface area contributed by atoms with Gasteiger partial charge < -0.3 is 14.8 Å². The predicted octanol–water partition coefficient (Wildman–Crippen LogP) is 4.45. The van der Waals surface area contributed by atoms with Crippen LogP contribution in [0, 0.1) is 3.57 Å². The Morgan fingerprint density at radius 3 is 2.41 bits per heavy atom. The average Bonchev–Trinajstić information content (AvgIpc) is 2.61. The lowest BCUT2D eigenvalue weighted by molar-refractivity contribution is -0.137. The number of rotatable bonds is 4. The lowest BCUT2D eigenvalue weighted by Gasteiger charge is -2.16. The van der Waals surface area contributed by atoms with Gasteiger partial charge in [0.1, 0.15) is 11.5 Å². The van der Waals surface area contributed by atoms with E-state index in [-0.39, 0.29) is 22.1 Å². The highest BCUT2D eigenvalue weighted by molar-refractivity contribution is 14.1. The smallest absolute Gasteiger partial charge is 0.418 e. The van der Waals surface area contributed by atoms with E-state index in [1.54, 1.807) is 28.7 Å². The van der Waals surface area contributed by atoms with Crippen LogP contribution in [0.4, 0.5) is 18.9 Å². The molecule has 1 amide bonds. The number of nitrogens with one attached hydrogen (secondary N) is 2. The Bertz CT molecular complexity index is 875. The Balaban J connectivity index is 2.18. The average molecular weight is 510 g/mol. The lowest BCUT2D eigenvalue weighted by atomic mass is 10.1. The van der Waals surface area contributed by atoms with Gasteiger partial charge >= 0.3 is 6.18 Å². The fraction of sp³-hybridized carbons (Fsp3) is 0.176. The van der Waals surface area contributed by atoms with Crippen LogP contribution in [0.1, 0.15) is 15.9 Å². The zero-order chi connectivity index (χ0) is 20.2.